The van der Waals surface area contributed by atoms with Crippen molar-refractivity contribution < 1.29 is 19.1 Å². The molecule has 0 spiro atoms. The Morgan fingerprint density at radius 1 is 0.442 bits per heavy atom. The van der Waals surface area contributed by atoms with E-state index in [0.29, 0.717) is 33.9 Å². The van der Waals surface area contributed by atoms with Crippen molar-refractivity contribution in [2.45, 2.75) is 52.4 Å². The van der Waals surface area contributed by atoms with Crippen LogP contribution in [0.25, 0.3) is 56.4 Å². The summed E-state index contributed by atoms with van der Waals surface area (Å²) in [5.41, 5.74) is 10.6. The number of hydrogen-bond donors (Lipinski definition) is 0. The number of nitrogens with zero attached hydrogens (tertiary/aromatic N) is 4. The molecule has 4 heterocycles. The fourth-order valence-corrected chi connectivity index (χ4v) is 5.83. The van der Waals surface area contributed by atoms with Crippen LogP contribution >= 0.6 is 0 Å². The molecule has 4 aromatic heterocycles. The second-order valence-electron chi connectivity index (χ2n) is 14.7. The molecule has 6 rings (SSSR count). The zero-order chi connectivity index (χ0) is 37.2. The van der Waals surface area contributed by atoms with Crippen LogP contribution in [0.1, 0.15) is 73.4 Å². The Hall–Kier alpha value is -6.02. The Morgan fingerprint density at radius 2 is 0.769 bits per heavy atom. The van der Waals surface area contributed by atoms with Gasteiger partial charge in [-0.05, 0) is 117 Å². The normalized spacial score (nSPS) is 11.6. The summed E-state index contributed by atoms with van der Waals surface area (Å²) < 4.78 is 9.85. The van der Waals surface area contributed by atoms with E-state index in [1.54, 1.807) is 24.3 Å². The minimum Gasteiger partial charge on any atom is -0.465 e. The molecule has 0 radical (unpaired) electrons. The van der Waals surface area contributed by atoms with Gasteiger partial charge in [0.2, 0.25) is 0 Å². The van der Waals surface area contributed by atoms with E-state index in [1.807, 2.05) is 73.1 Å². The number of carbonyl (C=O) groups is 2. The number of rotatable bonds is 7. The van der Waals surface area contributed by atoms with Gasteiger partial charge in [0.05, 0.1) is 59.5 Å². The van der Waals surface area contributed by atoms with Gasteiger partial charge >= 0.3 is 11.9 Å². The van der Waals surface area contributed by atoms with Crippen LogP contribution in [0.15, 0.2) is 109 Å². The fourth-order valence-electron chi connectivity index (χ4n) is 5.83. The van der Waals surface area contributed by atoms with Gasteiger partial charge in [-0.2, -0.15) is 0 Å². The second kappa shape index (κ2) is 14.3. The van der Waals surface area contributed by atoms with Crippen molar-refractivity contribution in [2.75, 3.05) is 14.2 Å². The first-order chi connectivity index (χ1) is 24.7. The van der Waals surface area contributed by atoms with E-state index < -0.39 is 11.9 Å². The molecule has 6 aromatic rings. The van der Waals surface area contributed by atoms with Gasteiger partial charge in [0, 0.05) is 12.4 Å². The van der Waals surface area contributed by atoms with Crippen molar-refractivity contribution in [1.82, 2.24) is 19.9 Å². The predicted molar refractivity (Wildman–Crippen MR) is 205 cm³/mol. The average molecular weight is 691 g/mol. The van der Waals surface area contributed by atoms with Crippen LogP contribution in [-0.4, -0.2) is 46.1 Å². The number of ether oxygens (including phenoxy) is 2. The standard InChI is InChI=1S/C44H42N4O4/c1-43(2,3)33-17-19-45-35(25-33)37-21-31(27-9-13-29(14-10-27)41(49)51-7)23-39(47-37)40-24-32(28-11-15-30(16-12-28)42(50)52-8)22-38(48-40)36-26-34(18-20-46-36)44(4,5)6/h9-26H,1-8H3. The highest BCUT2D eigenvalue weighted by atomic mass is 16.5. The second-order valence-corrected chi connectivity index (χ2v) is 14.7. The SMILES string of the molecule is COC(=O)c1ccc(-c2cc(-c3cc(C(C)(C)C)ccn3)nc(-c3cc(-c4ccc(C(=O)OC)cc4)cc(-c4cc(C(C)(C)C)ccn4)n3)c2)cc1. The Morgan fingerprint density at radius 3 is 1.08 bits per heavy atom. The van der Waals surface area contributed by atoms with Gasteiger partial charge < -0.3 is 9.47 Å². The third-order valence-corrected chi connectivity index (χ3v) is 8.97. The Bertz CT molecular complexity index is 2100. The molecule has 0 saturated heterocycles. The lowest BCUT2D eigenvalue weighted by Gasteiger charge is -2.20. The van der Waals surface area contributed by atoms with Crippen molar-refractivity contribution in [3.05, 3.63) is 132 Å². The molecular formula is C44H42N4O4. The molecule has 0 fully saturated rings. The zero-order valence-corrected chi connectivity index (χ0v) is 30.8. The lowest BCUT2D eigenvalue weighted by atomic mass is 9.87. The Kier molecular flexibility index (Phi) is 9.85. The topological polar surface area (TPSA) is 104 Å². The summed E-state index contributed by atoms with van der Waals surface area (Å²) in [5, 5.41) is 0. The van der Waals surface area contributed by atoms with Crippen molar-refractivity contribution in [3.8, 4) is 56.4 Å². The molecule has 0 bridgehead atoms. The van der Waals surface area contributed by atoms with E-state index >= 15 is 0 Å². The van der Waals surface area contributed by atoms with Gasteiger partial charge in [-0.15, -0.1) is 0 Å². The van der Waals surface area contributed by atoms with Gasteiger partial charge in [0.15, 0.2) is 0 Å². The van der Waals surface area contributed by atoms with E-state index in [4.69, 9.17) is 29.4 Å². The summed E-state index contributed by atoms with van der Waals surface area (Å²) in [6, 6.07) is 30.8. The number of aromatic nitrogens is 4. The molecule has 8 nitrogen and oxygen atoms in total. The minimum atomic E-state index is -0.400. The first-order valence-corrected chi connectivity index (χ1v) is 17.1. The predicted octanol–water partition coefficient (Wildman–Crippen LogP) is 9.77. The Labute approximate surface area is 305 Å². The third kappa shape index (κ3) is 7.81. The highest BCUT2D eigenvalue weighted by Gasteiger charge is 2.20. The van der Waals surface area contributed by atoms with Gasteiger partial charge in [0.1, 0.15) is 0 Å². The van der Waals surface area contributed by atoms with E-state index in [9.17, 15) is 9.59 Å². The number of carbonyl (C=O) groups excluding carboxylic acids is 2. The van der Waals surface area contributed by atoms with Gasteiger partial charge in [0.25, 0.3) is 0 Å². The van der Waals surface area contributed by atoms with Crippen molar-refractivity contribution in [2.24, 2.45) is 0 Å². The maximum Gasteiger partial charge on any atom is 0.337 e. The lowest BCUT2D eigenvalue weighted by molar-refractivity contribution is 0.0592. The van der Waals surface area contributed by atoms with Crippen LogP contribution in [0.4, 0.5) is 0 Å². The summed E-state index contributed by atoms with van der Waals surface area (Å²) in [5.74, 6) is -0.800. The molecule has 0 aliphatic rings. The largest absolute Gasteiger partial charge is 0.465 e. The average Bonchev–Trinajstić information content (AvgIpc) is 3.16. The molecule has 0 atom stereocenters. The molecule has 0 unspecified atom stereocenters. The summed E-state index contributed by atoms with van der Waals surface area (Å²) in [7, 11) is 2.74. The summed E-state index contributed by atoms with van der Waals surface area (Å²) in [6.07, 6.45) is 3.63. The quantitative estimate of drug-likeness (QED) is 0.153. The molecule has 262 valence electrons. The maximum absolute atomic E-state index is 12.2. The fraction of sp³-hybridized carbons (Fsp3) is 0.227. The molecule has 52 heavy (non-hydrogen) atoms. The molecule has 8 heteroatoms. The van der Waals surface area contributed by atoms with Crippen LogP contribution in [-0.2, 0) is 20.3 Å². The minimum absolute atomic E-state index is 0.0926. The van der Waals surface area contributed by atoms with E-state index in [2.05, 4.69) is 53.7 Å². The molecule has 2 aromatic carbocycles. The number of pyridine rings is 4. The van der Waals surface area contributed by atoms with E-state index in [0.717, 1.165) is 44.8 Å². The maximum atomic E-state index is 12.2. The van der Waals surface area contributed by atoms with Gasteiger partial charge in [-0.3, -0.25) is 9.97 Å². The molecular weight excluding hydrogens is 649 g/mol. The lowest BCUT2D eigenvalue weighted by Crippen LogP contribution is -2.11. The van der Waals surface area contributed by atoms with E-state index in [1.165, 1.54) is 14.2 Å². The van der Waals surface area contributed by atoms with Crippen LogP contribution in [0.3, 0.4) is 0 Å². The molecule has 0 aliphatic carbocycles. The van der Waals surface area contributed by atoms with E-state index in [-0.39, 0.29) is 10.8 Å². The van der Waals surface area contributed by atoms with Crippen LogP contribution < -0.4 is 0 Å². The molecule has 0 amide bonds. The first kappa shape index (κ1) is 35.8. The third-order valence-electron chi connectivity index (χ3n) is 8.97. The molecule has 0 N–H and O–H groups in total. The van der Waals surface area contributed by atoms with Crippen molar-refractivity contribution in [3.63, 3.8) is 0 Å². The smallest absolute Gasteiger partial charge is 0.337 e. The highest BCUT2D eigenvalue weighted by Crippen LogP contribution is 2.35. The number of esters is 2. The van der Waals surface area contributed by atoms with Gasteiger partial charge in [-0.1, -0.05) is 65.8 Å². The van der Waals surface area contributed by atoms with Gasteiger partial charge in [-0.25, -0.2) is 19.6 Å². The summed E-state index contributed by atoms with van der Waals surface area (Å²) >= 11 is 0. The first-order valence-electron chi connectivity index (χ1n) is 17.1. The van der Waals surface area contributed by atoms with Crippen LogP contribution in [0, 0.1) is 0 Å². The van der Waals surface area contributed by atoms with Crippen LogP contribution in [0.5, 0.6) is 0 Å². The molecule has 0 saturated carbocycles. The Balaban J connectivity index is 1.58. The zero-order valence-electron chi connectivity index (χ0n) is 30.8. The summed E-state index contributed by atoms with van der Waals surface area (Å²) in [4.78, 5) is 44.3. The summed E-state index contributed by atoms with van der Waals surface area (Å²) in [6.45, 7) is 13.0. The monoisotopic (exact) mass is 690 g/mol. The van der Waals surface area contributed by atoms with Crippen LogP contribution in [0.2, 0.25) is 0 Å². The number of hydrogen-bond acceptors (Lipinski definition) is 8. The van der Waals surface area contributed by atoms with Crippen molar-refractivity contribution >= 4 is 11.9 Å². The van der Waals surface area contributed by atoms with Crippen molar-refractivity contribution in [1.29, 1.82) is 0 Å². The molecule has 0 aliphatic heterocycles. The number of benzene rings is 2. The number of methoxy groups -OCH3 is 2. The highest BCUT2D eigenvalue weighted by molar-refractivity contribution is 5.91.